The molecule has 0 aromatic carbocycles. The zero-order valence-electron chi connectivity index (χ0n) is 18.8. The van der Waals surface area contributed by atoms with Crippen LogP contribution in [0.25, 0.3) is 0 Å². The van der Waals surface area contributed by atoms with Gasteiger partial charge in [-0.15, -0.1) is 0 Å². The fourth-order valence-electron chi connectivity index (χ4n) is 5.61. The summed E-state index contributed by atoms with van der Waals surface area (Å²) in [4.78, 5) is 15.0. The van der Waals surface area contributed by atoms with Crippen molar-refractivity contribution in [3.05, 3.63) is 23.8 Å². The molecular formula is C25H40N2O3. The number of carbonyl (C=O) groups excluding carboxylic acids is 1. The molecule has 0 saturated carbocycles. The van der Waals surface area contributed by atoms with Crippen molar-refractivity contribution >= 4 is 5.91 Å². The van der Waals surface area contributed by atoms with Gasteiger partial charge in [0.05, 0.1) is 11.7 Å². The Morgan fingerprint density at radius 3 is 2.60 bits per heavy atom. The lowest BCUT2D eigenvalue weighted by Gasteiger charge is -2.40. The predicted octanol–water partition coefficient (Wildman–Crippen LogP) is 3.85. The van der Waals surface area contributed by atoms with Crippen LogP contribution >= 0.6 is 0 Å². The van der Waals surface area contributed by atoms with Gasteiger partial charge < -0.3 is 14.8 Å². The van der Waals surface area contributed by atoms with E-state index in [-0.39, 0.29) is 23.5 Å². The number of allylic oxidation sites excluding steroid dienone is 2. The zero-order chi connectivity index (χ0) is 21.0. The Morgan fingerprint density at radius 1 is 1.17 bits per heavy atom. The molecule has 3 saturated heterocycles. The number of hydrogen-bond donors (Lipinski definition) is 1. The van der Waals surface area contributed by atoms with E-state index in [1.807, 2.05) is 0 Å². The van der Waals surface area contributed by atoms with Crippen LogP contribution in [0.4, 0.5) is 0 Å². The summed E-state index contributed by atoms with van der Waals surface area (Å²) in [5.41, 5.74) is 3.00. The van der Waals surface area contributed by atoms with Crippen molar-refractivity contribution in [3.8, 4) is 0 Å². The van der Waals surface area contributed by atoms with Crippen LogP contribution in [-0.2, 0) is 14.3 Å². The van der Waals surface area contributed by atoms with Gasteiger partial charge in [0, 0.05) is 45.3 Å². The summed E-state index contributed by atoms with van der Waals surface area (Å²) in [6.45, 7) is 11.8. The monoisotopic (exact) mass is 416 g/mol. The van der Waals surface area contributed by atoms with Crippen LogP contribution in [0.3, 0.4) is 0 Å². The third-order valence-electron chi connectivity index (χ3n) is 7.83. The van der Waals surface area contributed by atoms with Gasteiger partial charge in [-0.25, -0.2) is 0 Å². The highest BCUT2D eigenvalue weighted by atomic mass is 16.5. The largest absolute Gasteiger partial charge is 0.381 e. The number of piperidine rings is 1. The highest BCUT2D eigenvalue weighted by Crippen LogP contribution is 2.39. The molecule has 0 bridgehead atoms. The first kappa shape index (κ1) is 22.0. The number of carbonyl (C=O) groups is 1. The van der Waals surface area contributed by atoms with Crippen molar-refractivity contribution in [2.24, 2.45) is 11.8 Å². The summed E-state index contributed by atoms with van der Waals surface area (Å²) in [5, 5.41) is 3.15. The molecule has 4 aliphatic rings. The van der Waals surface area contributed by atoms with Crippen LogP contribution in [0.15, 0.2) is 23.8 Å². The first-order chi connectivity index (χ1) is 14.5. The second kappa shape index (κ2) is 9.97. The van der Waals surface area contributed by atoms with E-state index >= 15 is 0 Å². The zero-order valence-corrected chi connectivity index (χ0v) is 18.8. The van der Waals surface area contributed by atoms with E-state index in [1.165, 1.54) is 24.8 Å². The highest BCUT2D eigenvalue weighted by Gasteiger charge is 2.42. The average molecular weight is 417 g/mol. The molecule has 0 radical (unpaired) electrons. The Balaban J connectivity index is 1.17. The number of nitrogens with one attached hydrogen (secondary N) is 1. The summed E-state index contributed by atoms with van der Waals surface area (Å²) >= 11 is 0. The maximum Gasteiger partial charge on any atom is 0.223 e. The Kier molecular flexibility index (Phi) is 7.32. The summed E-state index contributed by atoms with van der Waals surface area (Å²) in [7, 11) is 0. The average Bonchev–Trinajstić information content (AvgIpc) is 3.17. The molecule has 3 heterocycles. The number of nitrogens with zero attached hydrogens (tertiary/aromatic N) is 1. The molecule has 1 spiro atoms. The smallest absolute Gasteiger partial charge is 0.223 e. The van der Waals surface area contributed by atoms with Crippen molar-refractivity contribution in [2.45, 2.75) is 76.4 Å². The van der Waals surface area contributed by atoms with Crippen LogP contribution in [0.2, 0.25) is 0 Å². The maximum absolute atomic E-state index is 12.4. The van der Waals surface area contributed by atoms with Crippen molar-refractivity contribution in [1.82, 2.24) is 10.2 Å². The van der Waals surface area contributed by atoms with Crippen molar-refractivity contribution in [2.75, 3.05) is 39.4 Å². The van der Waals surface area contributed by atoms with Gasteiger partial charge in [-0.2, -0.15) is 0 Å². The van der Waals surface area contributed by atoms with Crippen LogP contribution in [0.1, 0.15) is 64.7 Å². The summed E-state index contributed by atoms with van der Waals surface area (Å²) in [5.74, 6) is 0.999. The van der Waals surface area contributed by atoms with Crippen LogP contribution in [0, 0.1) is 11.8 Å². The van der Waals surface area contributed by atoms with Gasteiger partial charge in [0.1, 0.15) is 0 Å². The van der Waals surface area contributed by atoms with Gasteiger partial charge in [-0.3, -0.25) is 9.69 Å². The standard InChI is InChI=1S/C25H40N2O3/c1-19(2)21-5-3-20(4-6-21)18-27-13-11-25(12-14-27)10-7-23(30-25)17-26-24(28)22-8-15-29-16-9-22/h3,21-23H,1,4-18H2,2H3,(H,26,28)/t21-,23-/m1/s1. The minimum Gasteiger partial charge on any atom is -0.381 e. The van der Waals surface area contributed by atoms with Crippen molar-refractivity contribution < 1.29 is 14.3 Å². The number of amides is 1. The van der Waals surface area contributed by atoms with Crippen molar-refractivity contribution in [3.63, 3.8) is 0 Å². The number of hydrogen-bond acceptors (Lipinski definition) is 4. The summed E-state index contributed by atoms with van der Waals surface area (Å²) < 4.78 is 11.9. The van der Waals surface area contributed by atoms with Crippen molar-refractivity contribution in [1.29, 1.82) is 0 Å². The van der Waals surface area contributed by atoms with Gasteiger partial charge in [-0.1, -0.05) is 23.8 Å². The van der Waals surface area contributed by atoms with E-state index in [0.29, 0.717) is 25.7 Å². The molecule has 1 aliphatic carbocycles. The molecule has 0 aromatic rings. The topological polar surface area (TPSA) is 50.8 Å². The summed E-state index contributed by atoms with van der Waals surface area (Å²) in [6, 6.07) is 0. The SMILES string of the molecule is C=C(C)[C@@H]1CC=C(CN2CCC3(CC[C@H](CNC(=O)C4CCOCC4)O3)CC2)CC1. The van der Waals surface area contributed by atoms with Crippen LogP contribution < -0.4 is 5.32 Å². The van der Waals surface area contributed by atoms with Crippen LogP contribution in [-0.4, -0.2) is 61.9 Å². The quantitative estimate of drug-likeness (QED) is 0.669. The molecule has 5 nitrogen and oxygen atoms in total. The van der Waals surface area contributed by atoms with Gasteiger partial charge in [0.15, 0.2) is 0 Å². The number of likely N-dealkylation sites (tertiary alicyclic amines) is 1. The fourth-order valence-corrected chi connectivity index (χ4v) is 5.61. The molecule has 0 aromatic heterocycles. The third-order valence-corrected chi connectivity index (χ3v) is 7.83. The Labute approximate surface area is 182 Å². The van der Waals surface area contributed by atoms with Gasteiger partial charge in [0.25, 0.3) is 0 Å². The fraction of sp³-hybridized carbons (Fsp3) is 0.800. The lowest BCUT2D eigenvalue weighted by Crippen LogP contribution is -2.46. The molecule has 30 heavy (non-hydrogen) atoms. The molecule has 4 rings (SSSR count). The molecule has 2 atom stereocenters. The molecule has 0 unspecified atom stereocenters. The number of ether oxygens (including phenoxy) is 2. The third kappa shape index (κ3) is 5.54. The highest BCUT2D eigenvalue weighted by molar-refractivity contribution is 5.78. The van der Waals surface area contributed by atoms with E-state index in [9.17, 15) is 4.79 Å². The van der Waals surface area contributed by atoms with E-state index in [4.69, 9.17) is 9.47 Å². The minimum absolute atomic E-state index is 0.0521. The van der Waals surface area contributed by atoms with E-state index in [1.54, 1.807) is 5.57 Å². The van der Waals surface area contributed by atoms with Gasteiger partial charge in [-0.05, 0) is 70.6 Å². The lowest BCUT2D eigenvalue weighted by molar-refractivity contribution is -0.129. The first-order valence-corrected chi connectivity index (χ1v) is 12.1. The number of rotatable bonds is 6. The second-order valence-corrected chi connectivity index (χ2v) is 10.0. The Morgan fingerprint density at radius 2 is 1.93 bits per heavy atom. The molecule has 1 amide bonds. The Hall–Kier alpha value is -1.17. The lowest BCUT2D eigenvalue weighted by atomic mass is 9.84. The predicted molar refractivity (Wildman–Crippen MR) is 119 cm³/mol. The molecule has 3 fully saturated rings. The summed E-state index contributed by atoms with van der Waals surface area (Å²) in [6.07, 6.45) is 12.5. The molecule has 3 aliphatic heterocycles. The molecule has 1 N–H and O–H groups in total. The van der Waals surface area contributed by atoms with E-state index < -0.39 is 0 Å². The minimum atomic E-state index is 0.0521. The Bertz CT molecular complexity index is 645. The molecular weight excluding hydrogens is 376 g/mol. The maximum atomic E-state index is 12.4. The van der Waals surface area contributed by atoms with Gasteiger partial charge in [0.2, 0.25) is 5.91 Å². The van der Waals surface area contributed by atoms with Gasteiger partial charge >= 0.3 is 0 Å². The normalized spacial score (nSPS) is 30.2. The van der Waals surface area contributed by atoms with E-state index in [2.05, 4.69) is 29.8 Å². The molecule has 168 valence electrons. The van der Waals surface area contributed by atoms with E-state index in [0.717, 1.165) is 58.2 Å². The molecule has 5 heteroatoms. The van der Waals surface area contributed by atoms with Crippen LogP contribution in [0.5, 0.6) is 0 Å². The second-order valence-electron chi connectivity index (χ2n) is 10.0. The first-order valence-electron chi connectivity index (χ1n) is 12.1.